The number of nitrogens with zero attached hydrogens (tertiary/aromatic N) is 8. The number of aromatic nitrogens is 6. The summed E-state index contributed by atoms with van der Waals surface area (Å²) in [5.41, 5.74) is 11.3. The second-order valence-corrected chi connectivity index (χ2v) is 10.2. The number of hydrogen-bond acceptors (Lipinski definition) is 15. The molecule has 16 nitrogen and oxygen atoms in total. The lowest BCUT2D eigenvalue weighted by Crippen LogP contribution is -2.71. The molecule has 1 unspecified atom stereocenters. The number of carboxylic acids is 1. The summed E-state index contributed by atoms with van der Waals surface area (Å²) in [4.78, 5) is 48.2. The van der Waals surface area contributed by atoms with Crippen LogP contribution in [0.25, 0.3) is 0 Å². The standard InChI is InChI=1S/C18H21N11O5S3/c1-2-5-34-24-9(12-22-17(20)37-25-12)13(30)21-10-14(31)29-11(16(32)33)8(6-35-15(10)29)7-36-18-23-26-27-28(18)4-3-19/h2,10,15H,1,3-7,19H2,(H,21,30)(H,32,33)(H2,20,22,25)/b24-9-/t10?,15-/m1/s1. The van der Waals surface area contributed by atoms with Crippen molar-refractivity contribution in [2.75, 3.05) is 30.4 Å². The van der Waals surface area contributed by atoms with Crippen molar-refractivity contribution in [3.05, 3.63) is 29.7 Å². The summed E-state index contributed by atoms with van der Waals surface area (Å²) < 4.78 is 5.49. The number of thioether (sulfide) groups is 2. The maximum absolute atomic E-state index is 13.0. The average molecular weight is 568 g/mol. The van der Waals surface area contributed by atoms with Crippen molar-refractivity contribution in [3.8, 4) is 0 Å². The second kappa shape index (κ2) is 11.7. The molecule has 19 heteroatoms. The largest absolute Gasteiger partial charge is 0.477 e. The van der Waals surface area contributed by atoms with E-state index in [1.807, 2.05) is 0 Å². The van der Waals surface area contributed by atoms with Crippen LogP contribution in [-0.4, -0.2) is 99.1 Å². The van der Waals surface area contributed by atoms with Crippen LogP contribution in [0.1, 0.15) is 5.82 Å². The molecule has 0 bridgehead atoms. The minimum absolute atomic E-state index is 0.0250. The van der Waals surface area contributed by atoms with Crippen LogP contribution in [-0.2, 0) is 25.8 Å². The molecule has 4 rings (SSSR count). The Morgan fingerprint density at radius 1 is 1.43 bits per heavy atom. The summed E-state index contributed by atoms with van der Waals surface area (Å²) in [7, 11) is 0. The molecule has 2 aliphatic rings. The van der Waals surface area contributed by atoms with E-state index in [2.05, 4.69) is 41.9 Å². The minimum atomic E-state index is -1.25. The Hall–Kier alpha value is -3.55. The van der Waals surface area contributed by atoms with E-state index >= 15 is 0 Å². The monoisotopic (exact) mass is 567 g/mol. The second-order valence-electron chi connectivity index (χ2n) is 7.36. The minimum Gasteiger partial charge on any atom is -0.477 e. The fourth-order valence-electron chi connectivity index (χ4n) is 3.39. The van der Waals surface area contributed by atoms with Crippen molar-refractivity contribution < 1.29 is 24.3 Å². The number of nitrogen functional groups attached to an aromatic ring is 1. The highest BCUT2D eigenvalue weighted by molar-refractivity contribution is 8.01. The number of anilines is 1. The molecule has 2 atom stereocenters. The van der Waals surface area contributed by atoms with E-state index in [0.717, 1.165) is 11.5 Å². The Balaban J connectivity index is 1.48. The van der Waals surface area contributed by atoms with Gasteiger partial charge >= 0.3 is 5.97 Å². The number of amides is 2. The fourth-order valence-corrected chi connectivity index (χ4v) is 6.21. The first-order valence-electron chi connectivity index (χ1n) is 10.6. The molecule has 0 aromatic carbocycles. The van der Waals surface area contributed by atoms with Crippen LogP contribution < -0.4 is 16.8 Å². The number of hydrogen-bond donors (Lipinski definition) is 4. The van der Waals surface area contributed by atoms with E-state index in [-0.39, 0.29) is 34.7 Å². The number of nitrogens with two attached hydrogens (primary N) is 2. The van der Waals surface area contributed by atoms with Crippen LogP contribution in [0.15, 0.2) is 34.2 Å². The zero-order valence-corrected chi connectivity index (χ0v) is 21.5. The molecule has 196 valence electrons. The molecular weight excluding hydrogens is 546 g/mol. The SMILES string of the molecule is C=CCO/N=C(\C(=O)NC1C(=O)N2C(C(=O)O)=C(CSc3nnnn3CCN)CS[C@H]12)c1nsc(N)n1. The summed E-state index contributed by atoms with van der Waals surface area (Å²) >= 11 is 3.43. The maximum atomic E-state index is 13.0. The van der Waals surface area contributed by atoms with Crippen molar-refractivity contribution in [1.29, 1.82) is 0 Å². The Morgan fingerprint density at radius 2 is 2.24 bits per heavy atom. The van der Waals surface area contributed by atoms with Crippen LogP contribution in [0.5, 0.6) is 0 Å². The van der Waals surface area contributed by atoms with E-state index < -0.39 is 29.2 Å². The smallest absolute Gasteiger partial charge is 0.352 e. The first kappa shape index (κ1) is 26.5. The number of oxime groups is 1. The molecule has 2 amide bonds. The normalized spacial score (nSPS) is 19.3. The highest BCUT2D eigenvalue weighted by Crippen LogP contribution is 2.41. The number of nitrogens with one attached hydrogen (secondary N) is 1. The van der Waals surface area contributed by atoms with Gasteiger partial charge in [-0.15, -0.1) is 16.9 Å². The molecule has 2 aromatic heterocycles. The fraction of sp³-hybridized carbons (Fsp3) is 0.389. The molecule has 1 fully saturated rings. The Bertz CT molecular complexity index is 1280. The summed E-state index contributed by atoms with van der Waals surface area (Å²) in [5, 5.41) is 27.6. The van der Waals surface area contributed by atoms with Crippen molar-refractivity contribution in [2.45, 2.75) is 23.1 Å². The first-order chi connectivity index (χ1) is 17.8. The number of β-lactam (4-membered cyclic amide) rings is 1. The Labute approximate surface area is 221 Å². The maximum Gasteiger partial charge on any atom is 0.352 e. The highest BCUT2D eigenvalue weighted by atomic mass is 32.2. The van der Waals surface area contributed by atoms with Crippen LogP contribution in [0.4, 0.5) is 5.13 Å². The molecule has 1 saturated heterocycles. The molecule has 2 aromatic rings. The van der Waals surface area contributed by atoms with Gasteiger partial charge in [0, 0.05) is 29.6 Å². The molecule has 0 aliphatic carbocycles. The number of carbonyl (C=O) groups is 3. The lowest BCUT2D eigenvalue weighted by Gasteiger charge is -2.49. The first-order valence-corrected chi connectivity index (χ1v) is 13.4. The summed E-state index contributed by atoms with van der Waals surface area (Å²) in [6, 6.07) is -0.988. The molecular formula is C18H21N11O5S3. The van der Waals surface area contributed by atoms with Crippen LogP contribution in [0, 0.1) is 0 Å². The molecule has 6 N–H and O–H groups in total. The van der Waals surface area contributed by atoms with Crippen LogP contribution in [0.2, 0.25) is 0 Å². The Kier molecular flexibility index (Phi) is 8.36. The zero-order chi connectivity index (χ0) is 26.5. The van der Waals surface area contributed by atoms with Gasteiger partial charge < -0.3 is 26.7 Å². The van der Waals surface area contributed by atoms with Crippen molar-refractivity contribution in [2.24, 2.45) is 10.9 Å². The van der Waals surface area contributed by atoms with Gasteiger partial charge in [0.05, 0.1) is 6.54 Å². The van der Waals surface area contributed by atoms with Gasteiger partial charge in [-0.05, 0) is 16.0 Å². The van der Waals surface area contributed by atoms with E-state index in [1.165, 1.54) is 39.2 Å². The molecule has 37 heavy (non-hydrogen) atoms. The van der Waals surface area contributed by atoms with Gasteiger partial charge in [-0.2, -0.15) is 9.36 Å². The Morgan fingerprint density at radius 3 is 2.92 bits per heavy atom. The summed E-state index contributed by atoms with van der Waals surface area (Å²) in [6.45, 7) is 4.28. The van der Waals surface area contributed by atoms with Gasteiger partial charge in [0.1, 0.15) is 23.7 Å². The zero-order valence-electron chi connectivity index (χ0n) is 19.0. The lowest BCUT2D eigenvalue weighted by atomic mass is 10.0. The molecule has 4 heterocycles. The van der Waals surface area contributed by atoms with Gasteiger partial charge in [-0.1, -0.05) is 29.6 Å². The highest BCUT2D eigenvalue weighted by Gasteiger charge is 2.54. The number of rotatable bonds is 12. The van der Waals surface area contributed by atoms with Crippen molar-refractivity contribution >= 4 is 63.7 Å². The van der Waals surface area contributed by atoms with Crippen molar-refractivity contribution in [3.63, 3.8) is 0 Å². The molecule has 0 radical (unpaired) electrons. The topological polar surface area (TPSA) is 230 Å². The number of tetrazole rings is 1. The lowest BCUT2D eigenvalue weighted by molar-refractivity contribution is -0.150. The average Bonchev–Trinajstić information content (AvgIpc) is 3.51. The van der Waals surface area contributed by atoms with Gasteiger partial charge in [0.2, 0.25) is 16.7 Å². The molecule has 0 saturated carbocycles. The number of fused-ring (bicyclic) bond motifs is 1. The third kappa shape index (κ3) is 5.58. The van der Waals surface area contributed by atoms with E-state index in [9.17, 15) is 19.5 Å². The predicted molar refractivity (Wildman–Crippen MR) is 134 cm³/mol. The molecule has 2 aliphatic heterocycles. The molecule has 0 spiro atoms. The van der Waals surface area contributed by atoms with Gasteiger partial charge in [0.15, 0.2) is 5.13 Å². The van der Waals surface area contributed by atoms with Crippen molar-refractivity contribution in [1.82, 2.24) is 39.8 Å². The predicted octanol–water partition coefficient (Wildman–Crippen LogP) is -1.50. The van der Waals surface area contributed by atoms with Gasteiger partial charge in [-0.3, -0.25) is 14.5 Å². The van der Waals surface area contributed by atoms with Gasteiger partial charge in [0.25, 0.3) is 11.8 Å². The number of carboxylic acid groups (broad SMARTS) is 1. The number of aliphatic carboxylic acids is 1. The summed E-state index contributed by atoms with van der Waals surface area (Å²) in [6.07, 6.45) is 1.43. The number of carbonyl (C=O) groups excluding carboxylic acids is 2. The van der Waals surface area contributed by atoms with Gasteiger partial charge in [-0.25, -0.2) is 9.48 Å². The van der Waals surface area contributed by atoms with E-state index in [4.69, 9.17) is 16.3 Å². The third-order valence-electron chi connectivity index (χ3n) is 4.97. The van der Waals surface area contributed by atoms with Crippen LogP contribution >= 0.6 is 35.1 Å². The van der Waals surface area contributed by atoms with Crippen LogP contribution in [0.3, 0.4) is 0 Å². The van der Waals surface area contributed by atoms with E-state index in [0.29, 0.717) is 29.6 Å². The van der Waals surface area contributed by atoms with E-state index in [1.54, 1.807) is 0 Å². The quantitative estimate of drug-likeness (QED) is 0.0571. The third-order valence-corrected chi connectivity index (χ3v) is 7.89. The summed E-state index contributed by atoms with van der Waals surface area (Å²) in [5.74, 6) is -2.08.